The highest BCUT2D eigenvalue weighted by molar-refractivity contribution is 6.43. The minimum atomic E-state index is -1.08. The van der Waals surface area contributed by atoms with Gasteiger partial charge < -0.3 is 9.64 Å². The predicted molar refractivity (Wildman–Crippen MR) is 110 cm³/mol. The highest BCUT2D eigenvalue weighted by Crippen LogP contribution is 2.42. The summed E-state index contributed by atoms with van der Waals surface area (Å²) in [6.07, 6.45) is 3.26. The van der Waals surface area contributed by atoms with Crippen LogP contribution < -0.4 is 5.43 Å². The second kappa shape index (κ2) is 7.60. The van der Waals surface area contributed by atoms with Crippen LogP contribution in [0.3, 0.4) is 0 Å². The molecule has 0 aromatic heterocycles. The third kappa shape index (κ3) is 3.08. The van der Waals surface area contributed by atoms with E-state index in [4.69, 9.17) is 16.3 Å². The van der Waals surface area contributed by atoms with Crippen LogP contribution in [0.2, 0.25) is 5.02 Å². The summed E-state index contributed by atoms with van der Waals surface area (Å²) >= 11 is 6.02. The Morgan fingerprint density at radius 1 is 1.27 bits per heavy atom. The molecule has 1 aromatic rings. The number of ether oxygens (including phenoxy) is 1. The molecule has 3 aliphatic heterocycles. The number of hydrogen-bond donors (Lipinski definition) is 1. The second-order valence-corrected chi connectivity index (χ2v) is 7.67. The molecule has 9 heteroatoms. The summed E-state index contributed by atoms with van der Waals surface area (Å²) in [7, 11) is 1.53. The van der Waals surface area contributed by atoms with Crippen molar-refractivity contribution in [3.05, 3.63) is 58.6 Å². The number of hydrogen-bond acceptors (Lipinski definition) is 7. The van der Waals surface area contributed by atoms with E-state index in [1.807, 2.05) is 11.8 Å². The van der Waals surface area contributed by atoms with E-state index < -0.39 is 23.7 Å². The van der Waals surface area contributed by atoms with E-state index >= 15 is 0 Å². The van der Waals surface area contributed by atoms with Gasteiger partial charge in [0.25, 0.3) is 5.91 Å². The van der Waals surface area contributed by atoms with Crippen LogP contribution in [-0.2, 0) is 19.1 Å². The first kappa shape index (κ1) is 20.2. The van der Waals surface area contributed by atoms with Crippen molar-refractivity contribution in [2.24, 2.45) is 11.0 Å². The maximum absolute atomic E-state index is 13.1. The number of hydrazone groups is 1. The fraction of sp³-hybridized carbons (Fsp3) is 0.333. The molecule has 8 nitrogen and oxygen atoms in total. The van der Waals surface area contributed by atoms with Crippen molar-refractivity contribution < 1.29 is 19.1 Å². The Kier molecular flexibility index (Phi) is 5.11. The minimum absolute atomic E-state index is 0.156. The number of likely N-dealkylation sites (tertiary alicyclic amines) is 1. The van der Waals surface area contributed by atoms with Crippen LogP contribution in [0.1, 0.15) is 31.9 Å². The Morgan fingerprint density at radius 3 is 2.60 bits per heavy atom. The quantitative estimate of drug-likeness (QED) is 0.571. The van der Waals surface area contributed by atoms with Crippen LogP contribution >= 0.6 is 11.6 Å². The molecule has 0 aliphatic carbocycles. The molecule has 1 aromatic carbocycles. The number of halogens is 1. The predicted octanol–water partition coefficient (Wildman–Crippen LogP) is 2.34. The van der Waals surface area contributed by atoms with Crippen LogP contribution in [0.15, 0.2) is 53.1 Å². The van der Waals surface area contributed by atoms with Gasteiger partial charge in [-0.3, -0.25) is 24.7 Å². The third-order valence-corrected chi connectivity index (χ3v) is 5.81. The maximum Gasteiger partial charge on any atom is 0.295 e. The molecule has 3 atom stereocenters. The lowest BCUT2D eigenvalue weighted by atomic mass is 9.88. The SMILES string of the molecule is CCC(=O)C1C(=O)C(=O)N(C2=CN3C(C)=NNC3C(OC)=C2)C1c1ccc(Cl)cc1. The van der Waals surface area contributed by atoms with E-state index in [2.05, 4.69) is 10.5 Å². The topological polar surface area (TPSA) is 91.3 Å². The fourth-order valence-electron chi connectivity index (χ4n) is 4.03. The number of amides is 1. The fourth-order valence-corrected chi connectivity index (χ4v) is 4.15. The first-order valence-electron chi connectivity index (χ1n) is 9.58. The summed E-state index contributed by atoms with van der Waals surface area (Å²) in [5.41, 5.74) is 4.07. The van der Waals surface area contributed by atoms with E-state index in [-0.39, 0.29) is 18.4 Å². The number of allylic oxidation sites excluding steroid dienone is 1. The van der Waals surface area contributed by atoms with Crippen molar-refractivity contribution >= 4 is 34.9 Å². The maximum atomic E-state index is 13.1. The zero-order chi connectivity index (χ0) is 21.6. The number of nitrogens with one attached hydrogen (secondary N) is 1. The van der Waals surface area contributed by atoms with Crippen molar-refractivity contribution in [2.75, 3.05) is 7.11 Å². The lowest BCUT2D eigenvalue weighted by Crippen LogP contribution is -2.42. The molecule has 0 bridgehead atoms. The smallest absolute Gasteiger partial charge is 0.295 e. The standard InChI is InChI=1S/C21H21ClN4O4/c1-4-15(27)17-18(12-5-7-13(22)8-6-12)26(21(29)19(17)28)14-9-16(30-3)20-24-23-11(2)25(20)10-14/h5-10,17-18,20,24H,4H2,1-3H3. The van der Waals surface area contributed by atoms with Crippen molar-refractivity contribution in [3.63, 3.8) is 0 Å². The number of carbonyl (C=O) groups is 3. The van der Waals surface area contributed by atoms with Gasteiger partial charge in [-0.05, 0) is 24.6 Å². The number of rotatable bonds is 5. The van der Waals surface area contributed by atoms with Gasteiger partial charge >= 0.3 is 0 Å². The van der Waals surface area contributed by atoms with Crippen LogP contribution in [0.25, 0.3) is 0 Å². The van der Waals surface area contributed by atoms with Gasteiger partial charge in [0.15, 0.2) is 6.17 Å². The van der Waals surface area contributed by atoms with Gasteiger partial charge in [0.2, 0.25) is 5.78 Å². The average molecular weight is 429 g/mol. The van der Waals surface area contributed by atoms with Gasteiger partial charge in [-0.15, -0.1) is 0 Å². The second-order valence-electron chi connectivity index (χ2n) is 7.24. The van der Waals surface area contributed by atoms with Crippen LogP contribution in [0, 0.1) is 5.92 Å². The van der Waals surface area contributed by atoms with E-state index in [0.717, 1.165) is 0 Å². The summed E-state index contributed by atoms with van der Waals surface area (Å²) in [5.74, 6) is -1.56. The normalized spacial score (nSPS) is 25.5. The van der Waals surface area contributed by atoms with Crippen LogP contribution in [0.4, 0.5) is 0 Å². The molecule has 0 saturated carbocycles. The Labute approximate surface area is 178 Å². The molecule has 1 N–H and O–H groups in total. The Hall–Kier alpha value is -3.13. The monoisotopic (exact) mass is 428 g/mol. The highest BCUT2D eigenvalue weighted by atomic mass is 35.5. The molecule has 1 saturated heterocycles. The Morgan fingerprint density at radius 2 is 1.97 bits per heavy atom. The van der Waals surface area contributed by atoms with E-state index in [1.165, 1.54) is 12.0 Å². The molecule has 3 heterocycles. The molecule has 156 valence electrons. The molecule has 1 amide bonds. The molecule has 1 fully saturated rings. The van der Waals surface area contributed by atoms with Crippen molar-refractivity contribution in [1.82, 2.24) is 15.2 Å². The average Bonchev–Trinajstić information content (AvgIpc) is 3.25. The van der Waals surface area contributed by atoms with E-state index in [9.17, 15) is 14.4 Å². The highest BCUT2D eigenvalue weighted by Gasteiger charge is 2.52. The van der Waals surface area contributed by atoms with E-state index in [1.54, 1.807) is 43.5 Å². The van der Waals surface area contributed by atoms with Gasteiger partial charge in [-0.2, -0.15) is 5.10 Å². The number of carbonyl (C=O) groups excluding carboxylic acids is 3. The summed E-state index contributed by atoms with van der Waals surface area (Å²) in [6, 6.07) is 6.06. The van der Waals surface area contributed by atoms with E-state index in [0.29, 0.717) is 27.9 Å². The largest absolute Gasteiger partial charge is 0.497 e. The number of Topliss-reactive ketones (excluding diaryl/α,β-unsaturated/α-hetero) is 2. The molecule has 3 unspecified atom stereocenters. The van der Waals surface area contributed by atoms with Gasteiger partial charge in [-0.1, -0.05) is 30.7 Å². The minimum Gasteiger partial charge on any atom is -0.497 e. The third-order valence-electron chi connectivity index (χ3n) is 5.56. The van der Waals surface area contributed by atoms with Gasteiger partial charge in [0.05, 0.1) is 18.8 Å². The Balaban J connectivity index is 1.84. The summed E-state index contributed by atoms with van der Waals surface area (Å²) in [5, 5.41) is 4.73. The molecular weight excluding hydrogens is 408 g/mol. The summed E-state index contributed by atoms with van der Waals surface area (Å²) in [6.45, 7) is 3.50. The Bertz CT molecular complexity index is 1010. The van der Waals surface area contributed by atoms with Crippen molar-refractivity contribution in [3.8, 4) is 0 Å². The number of fused-ring (bicyclic) bond motifs is 1. The number of ketones is 2. The molecule has 30 heavy (non-hydrogen) atoms. The zero-order valence-electron chi connectivity index (χ0n) is 16.8. The number of methoxy groups -OCH3 is 1. The first-order chi connectivity index (χ1) is 14.4. The first-order valence-corrected chi connectivity index (χ1v) is 9.96. The van der Waals surface area contributed by atoms with Crippen LogP contribution in [-0.4, -0.2) is 46.4 Å². The number of amidine groups is 1. The number of benzene rings is 1. The summed E-state index contributed by atoms with van der Waals surface area (Å²) < 4.78 is 5.49. The van der Waals surface area contributed by atoms with Crippen LogP contribution in [0.5, 0.6) is 0 Å². The lowest BCUT2D eigenvalue weighted by Gasteiger charge is -2.34. The summed E-state index contributed by atoms with van der Waals surface area (Å²) in [4.78, 5) is 41.8. The van der Waals surface area contributed by atoms with Gasteiger partial charge in [-0.25, -0.2) is 0 Å². The zero-order valence-corrected chi connectivity index (χ0v) is 17.5. The molecular formula is C21H21ClN4O4. The lowest BCUT2D eigenvalue weighted by molar-refractivity contribution is -0.141. The molecule has 3 aliphatic rings. The van der Waals surface area contributed by atoms with Gasteiger partial charge in [0, 0.05) is 23.7 Å². The van der Waals surface area contributed by atoms with Crippen molar-refractivity contribution in [2.45, 2.75) is 32.5 Å². The number of nitrogens with zero attached hydrogens (tertiary/aromatic N) is 3. The van der Waals surface area contributed by atoms with Crippen molar-refractivity contribution in [1.29, 1.82) is 0 Å². The molecule has 0 spiro atoms. The molecule has 4 rings (SSSR count). The van der Waals surface area contributed by atoms with Gasteiger partial charge in [0.1, 0.15) is 23.3 Å². The molecule has 0 radical (unpaired) electrons.